The van der Waals surface area contributed by atoms with Crippen molar-refractivity contribution in [1.29, 1.82) is 0 Å². The third-order valence-corrected chi connectivity index (χ3v) is 4.48. The van der Waals surface area contributed by atoms with Crippen LogP contribution in [-0.4, -0.2) is 67.0 Å². The average molecular weight is 356 g/mol. The summed E-state index contributed by atoms with van der Waals surface area (Å²) in [4.78, 5) is 8.27. The van der Waals surface area contributed by atoms with E-state index in [0.717, 1.165) is 0 Å². The second-order valence-corrected chi connectivity index (χ2v) is 6.26. The summed E-state index contributed by atoms with van der Waals surface area (Å²) in [5.41, 5.74) is 2.80. The van der Waals surface area contributed by atoms with Gasteiger partial charge in [0.1, 0.15) is 24.2 Å². The van der Waals surface area contributed by atoms with Crippen LogP contribution in [0.4, 0.5) is 10.2 Å². The highest BCUT2D eigenvalue weighted by molar-refractivity contribution is 5.82. The molecule has 3 rings (SSSR count). The van der Waals surface area contributed by atoms with Gasteiger partial charge in [0, 0.05) is 6.07 Å². The predicted octanol–water partition coefficient (Wildman–Crippen LogP) is -0.246. The number of fused-ring (bicyclic) bond motifs is 1. The van der Waals surface area contributed by atoms with E-state index in [1.807, 2.05) is 0 Å². The molecule has 25 heavy (non-hydrogen) atoms. The van der Waals surface area contributed by atoms with Gasteiger partial charge in [0.25, 0.3) is 0 Å². The summed E-state index contributed by atoms with van der Waals surface area (Å²) in [6.45, 7) is 1.47. The Balaban J connectivity index is 2.13. The Morgan fingerprint density at radius 1 is 1.52 bits per heavy atom. The number of imidazole rings is 1. The Kier molecular flexibility index (Phi) is 4.31. The van der Waals surface area contributed by atoms with Crippen LogP contribution >= 0.6 is 0 Å². The van der Waals surface area contributed by atoms with Crippen LogP contribution in [-0.2, 0) is 4.74 Å². The van der Waals surface area contributed by atoms with Crippen molar-refractivity contribution in [2.45, 2.75) is 37.4 Å². The Morgan fingerprint density at radius 3 is 2.80 bits per heavy atom. The number of ether oxygens (including phenoxy) is 2. The third kappa shape index (κ3) is 2.53. The number of halogens is 1. The van der Waals surface area contributed by atoms with Gasteiger partial charge in [-0.05, 0) is 13.8 Å². The van der Waals surface area contributed by atoms with E-state index in [0.29, 0.717) is 17.6 Å². The number of hydrogen-bond acceptors (Lipinski definition) is 8. The van der Waals surface area contributed by atoms with Crippen molar-refractivity contribution in [1.82, 2.24) is 14.5 Å². The van der Waals surface area contributed by atoms with Gasteiger partial charge in [0.15, 0.2) is 17.3 Å². The van der Waals surface area contributed by atoms with Crippen LogP contribution in [0.2, 0.25) is 0 Å². The fourth-order valence-electron chi connectivity index (χ4n) is 3.13. The van der Waals surface area contributed by atoms with Crippen LogP contribution < -0.4 is 10.5 Å². The average Bonchev–Trinajstić information content (AvgIpc) is 3.07. The molecular formula is C15H21FN4O5. The number of nitrogens with two attached hydrogens (primary N) is 1. The number of nitrogens with zero attached hydrogens (tertiary/aromatic N) is 3. The standard InChI is InChI=1S/C15H21FN4O5/c1-3-24-11-10-8(4-9(17)19-11)20(7-18-10)13-14(2,23)12(22)15(5-16,6-21)25-13/h4,7,12-13,21-23H,3,5-6H2,1-2H3,(H2,17,19)/t12-,13+,14+,15+/m0/s1. The Morgan fingerprint density at radius 2 is 2.24 bits per heavy atom. The molecule has 0 spiro atoms. The number of alkyl halides is 1. The minimum atomic E-state index is -1.92. The minimum Gasteiger partial charge on any atom is -0.476 e. The molecule has 0 bridgehead atoms. The largest absolute Gasteiger partial charge is 0.476 e. The zero-order chi connectivity index (χ0) is 18.4. The van der Waals surface area contributed by atoms with Crippen LogP contribution in [0.3, 0.4) is 0 Å². The van der Waals surface area contributed by atoms with E-state index in [4.69, 9.17) is 15.2 Å². The van der Waals surface area contributed by atoms with E-state index in [-0.39, 0.29) is 11.7 Å². The lowest BCUT2D eigenvalue weighted by Crippen LogP contribution is -2.52. The lowest BCUT2D eigenvalue weighted by atomic mass is 9.88. The molecule has 1 fully saturated rings. The van der Waals surface area contributed by atoms with Crippen molar-refractivity contribution in [3.05, 3.63) is 12.4 Å². The lowest BCUT2D eigenvalue weighted by molar-refractivity contribution is -0.137. The molecule has 0 saturated carbocycles. The van der Waals surface area contributed by atoms with Gasteiger partial charge in [0.05, 0.1) is 25.1 Å². The fraction of sp³-hybridized carbons (Fsp3) is 0.600. The van der Waals surface area contributed by atoms with Gasteiger partial charge in [-0.2, -0.15) is 4.98 Å². The molecular weight excluding hydrogens is 335 g/mol. The first-order chi connectivity index (χ1) is 11.8. The van der Waals surface area contributed by atoms with Gasteiger partial charge in [0.2, 0.25) is 5.88 Å². The fourth-order valence-corrected chi connectivity index (χ4v) is 3.13. The van der Waals surface area contributed by atoms with Crippen LogP contribution in [0, 0.1) is 0 Å². The molecule has 0 aromatic carbocycles. The Labute approximate surface area is 142 Å². The number of aliphatic hydroxyl groups is 3. The molecule has 138 valence electrons. The van der Waals surface area contributed by atoms with Gasteiger partial charge in [-0.25, -0.2) is 9.37 Å². The summed E-state index contributed by atoms with van der Waals surface area (Å²) in [5.74, 6) is 0.378. The zero-order valence-electron chi connectivity index (χ0n) is 13.9. The highest BCUT2D eigenvalue weighted by Gasteiger charge is 2.61. The lowest BCUT2D eigenvalue weighted by Gasteiger charge is -2.29. The first-order valence-electron chi connectivity index (χ1n) is 7.81. The van der Waals surface area contributed by atoms with E-state index in [9.17, 15) is 19.7 Å². The van der Waals surface area contributed by atoms with Crippen LogP contribution in [0.15, 0.2) is 12.4 Å². The molecule has 1 saturated heterocycles. The summed E-state index contributed by atoms with van der Waals surface area (Å²) < 4.78 is 25.9. The highest BCUT2D eigenvalue weighted by Crippen LogP contribution is 2.45. The molecule has 0 radical (unpaired) electrons. The molecule has 9 nitrogen and oxygen atoms in total. The molecule has 1 aliphatic rings. The first kappa shape index (κ1) is 17.8. The molecule has 3 heterocycles. The Hall–Kier alpha value is -2.01. The molecule has 1 aliphatic heterocycles. The SMILES string of the molecule is CCOc1nc(N)cc2c1ncn2[C@@H]1O[C@@](CO)(CF)[C@@H](O)[C@@]1(C)O. The quantitative estimate of drug-likeness (QED) is 0.576. The zero-order valence-corrected chi connectivity index (χ0v) is 13.9. The van der Waals surface area contributed by atoms with E-state index < -0.39 is 36.8 Å². The smallest absolute Gasteiger partial charge is 0.244 e. The summed E-state index contributed by atoms with van der Waals surface area (Å²) in [7, 11) is 0. The maximum atomic E-state index is 13.5. The van der Waals surface area contributed by atoms with E-state index in [1.54, 1.807) is 6.92 Å². The van der Waals surface area contributed by atoms with Crippen LogP contribution in [0.25, 0.3) is 11.0 Å². The summed E-state index contributed by atoms with van der Waals surface area (Å²) in [5, 5.41) is 30.5. The number of rotatable bonds is 5. The topological polar surface area (TPSA) is 136 Å². The van der Waals surface area contributed by atoms with Crippen LogP contribution in [0.1, 0.15) is 20.1 Å². The predicted molar refractivity (Wildman–Crippen MR) is 85.7 cm³/mol. The maximum absolute atomic E-state index is 13.5. The molecule has 5 N–H and O–H groups in total. The van der Waals surface area contributed by atoms with Gasteiger partial charge in [-0.15, -0.1) is 0 Å². The molecule has 0 unspecified atom stereocenters. The summed E-state index contributed by atoms with van der Waals surface area (Å²) >= 11 is 0. The normalized spacial score (nSPS) is 32.4. The monoisotopic (exact) mass is 356 g/mol. The van der Waals surface area contributed by atoms with Gasteiger partial charge in [-0.3, -0.25) is 0 Å². The number of aromatic nitrogens is 3. The van der Waals surface area contributed by atoms with Gasteiger partial charge < -0.3 is 35.1 Å². The molecule has 10 heteroatoms. The molecule has 2 aromatic rings. The van der Waals surface area contributed by atoms with Crippen molar-refractivity contribution < 1.29 is 29.2 Å². The number of anilines is 1. The highest BCUT2D eigenvalue weighted by atomic mass is 19.1. The maximum Gasteiger partial charge on any atom is 0.244 e. The van der Waals surface area contributed by atoms with E-state index >= 15 is 0 Å². The summed E-state index contributed by atoms with van der Waals surface area (Å²) in [6.07, 6.45) is -1.50. The molecule has 4 atom stereocenters. The first-order valence-corrected chi connectivity index (χ1v) is 7.81. The number of pyridine rings is 1. The number of hydrogen-bond donors (Lipinski definition) is 4. The summed E-state index contributed by atoms with van der Waals surface area (Å²) in [6, 6.07) is 1.51. The molecule has 0 aliphatic carbocycles. The number of nitrogen functional groups attached to an aromatic ring is 1. The van der Waals surface area contributed by atoms with Crippen molar-refractivity contribution in [3.8, 4) is 5.88 Å². The Bertz CT molecular complexity index is 777. The third-order valence-electron chi connectivity index (χ3n) is 4.48. The van der Waals surface area contributed by atoms with E-state index in [1.165, 1.54) is 23.9 Å². The molecule has 0 amide bonds. The van der Waals surface area contributed by atoms with Crippen molar-refractivity contribution in [3.63, 3.8) is 0 Å². The van der Waals surface area contributed by atoms with Crippen molar-refractivity contribution in [2.24, 2.45) is 0 Å². The number of aliphatic hydroxyl groups excluding tert-OH is 2. The second kappa shape index (κ2) is 6.06. The van der Waals surface area contributed by atoms with Crippen LogP contribution in [0.5, 0.6) is 5.88 Å². The molecule has 2 aromatic heterocycles. The van der Waals surface area contributed by atoms with Crippen molar-refractivity contribution >= 4 is 16.9 Å². The van der Waals surface area contributed by atoms with E-state index in [2.05, 4.69) is 9.97 Å². The van der Waals surface area contributed by atoms with Gasteiger partial charge in [-0.1, -0.05) is 0 Å². The van der Waals surface area contributed by atoms with Crippen molar-refractivity contribution in [2.75, 3.05) is 25.6 Å². The van der Waals surface area contributed by atoms with Gasteiger partial charge >= 0.3 is 0 Å². The minimum absolute atomic E-state index is 0.162. The second-order valence-electron chi connectivity index (χ2n) is 6.26.